The summed E-state index contributed by atoms with van der Waals surface area (Å²) in [5, 5.41) is 3.38. The van der Waals surface area contributed by atoms with Gasteiger partial charge in [-0.15, -0.1) is 0 Å². The fourth-order valence-electron chi connectivity index (χ4n) is 2.75. The zero-order chi connectivity index (χ0) is 21.7. The SMILES string of the molecule is Cc1ccc(NC(=O)N(Cc2cccc(OS(C)(=O)=O)c2)Cc2ccco2)cc1Cl. The molecule has 0 aliphatic rings. The first-order valence-corrected chi connectivity index (χ1v) is 11.2. The molecule has 7 nitrogen and oxygen atoms in total. The predicted octanol–water partition coefficient (Wildman–Crippen LogP) is 4.81. The smallest absolute Gasteiger partial charge is 0.322 e. The van der Waals surface area contributed by atoms with E-state index in [-0.39, 0.29) is 24.9 Å². The van der Waals surface area contributed by atoms with E-state index in [2.05, 4.69) is 5.32 Å². The number of halogens is 1. The highest BCUT2D eigenvalue weighted by Crippen LogP contribution is 2.22. The summed E-state index contributed by atoms with van der Waals surface area (Å²) in [5.74, 6) is 0.786. The number of aryl methyl sites for hydroxylation is 1. The van der Waals surface area contributed by atoms with Gasteiger partial charge in [-0.3, -0.25) is 0 Å². The Bertz CT molecular complexity index is 1130. The fourth-order valence-corrected chi connectivity index (χ4v) is 3.39. The number of nitrogens with zero attached hydrogens (tertiary/aromatic N) is 1. The molecule has 2 aromatic carbocycles. The predicted molar refractivity (Wildman–Crippen MR) is 115 cm³/mol. The highest BCUT2D eigenvalue weighted by molar-refractivity contribution is 7.86. The van der Waals surface area contributed by atoms with Gasteiger partial charge in [0.05, 0.1) is 19.1 Å². The number of anilines is 1. The van der Waals surface area contributed by atoms with Crippen molar-refractivity contribution in [3.63, 3.8) is 0 Å². The molecule has 0 saturated heterocycles. The number of hydrogen-bond donors (Lipinski definition) is 1. The van der Waals surface area contributed by atoms with Gasteiger partial charge >= 0.3 is 16.1 Å². The molecule has 0 aliphatic carbocycles. The Morgan fingerprint density at radius 2 is 1.93 bits per heavy atom. The third kappa shape index (κ3) is 6.27. The van der Waals surface area contributed by atoms with E-state index < -0.39 is 10.1 Å². The number of urea groups is 1. The Balaban J connectivity index is 1.81. The number of carbonyl (C=O) groups excluding carboxylic acids is 1. The monoisotopic (exact) mass is 448 g/mol. The molecule has 2 amide bonds. The van der Waals surface area contributed by atoms with Gasteiger partial charge in [0.25, 0.3) is 0 Å². The lowest BCUT2D eigenvalue weighted by Crippen LogP contribution is -2.34. The van der Waals surface area contributed by atoms with E-state index >= 15 is 0 Å². The topological polar surface area (TPSA) is 88.9 Å². The van der Waals surface area contributed by atoms with Crippen LogP contribution >= 0.6 is 11.6 Å². The molecule has 0 saturated carbocycles. The van der Waals surface area contributed by atoms with Crippen molar-refractivity contribution in [2.75, 3.05) is 11.6 Å². The van der Waals surface area contributed by atoms with Gasteiger partial charge < -0.3 is 18.8 Å². The fraction of sp³-hybridized carbons (Fsp3) is 0.190. The maximum Gasteiger partial charge on any atom is 0.322 e. The number of furan rings is 1. The minimum Gasteiger partial charge on any atom is -0.467 e. The van der Waals surface area contributed by atoms with Crippen LogP contribution in [0.1, 0.15) is 16.9 Å². The van der Waals surface area contributed by atoms with Crippen LogP contribution in [0.15, 0.2) is 65.3 Å². The number of nitrogens with one attached hydrogen (secondary N) is 1. The van der Waals surface area contributed by atoms with E-state index in [9.17, 15) is 13.2 Å². The molecule has 1 heterocycles. The summed E-state index contributed by atoms with van der Waals surface area (Å²) in [4.78, 5) is 14.5. The van der Waals surface area contributed by atoms with Crippen LogP contribution in [0.2, 0.25) is 5.02 Å². The quantitative estimate of drug-likeness (QED) is 0.524. The molecule has 0 spiro atoms. The summed E-state index contributed by atoms with van der Waals surface area (Å²) < 4.78 is 33.1. The zero-order valence-corrected chi connectivity index (χ0v) is 18.0. The lowest BCUT2D eigenvalue weighted by atomic mass is 10.2. The van der Waals surface area contributed by atoms with Crippen LogP contribution in [-0.4, -0.2) is 25.6 Å². The van der Waals surface area contributed by atoms with Crippen molar-refractivity contribution in [3.05, 3.63) is 82.8 Å². The number of rotatable bonds is 7. The van der Waals surface area contributed by atoms with Crippen molar-refractivity contribution in [3.8, 4) is 5.75 Å². The second-order valence-corrected chi connectivity index (χ2v) is 8.75. The van der Waals surface area contributed by atoms with Crippen LogP contribution in [0.4, 0.5) is 10.5 Å². The largest absolute Gasteiger partial charge is 0.467 e. The van der Waals surface area contributed by atoms with Crippen LogP contribution in [0.3, 0.4) is 0 Å². The molecule has 3 aromatic rings. The van der Waals surface area contributed by atoms with Gasteiger partial charge in [-0.25, -0.2) is 4.79 Å². The van der Waals surface area contributed by atoms with Gasteiger partial charge in [0.1, 0.15) is 11.5 Å². The van der Waals surface area contributed by atoms with Crippen LogP contribution in [0, 0.1) is 6.92 Å². The van der Waals surface area contributed by atoms with Crippen LogP contribution in [0.25, 0.3) is 0 Å². The minimum atomic E-state index is -3.65. The molecule has 0 aliphatic heterocycles. The van der Waals surface area contributed by atoms with E-state index in [1.807, 2.05) is 13.0 Å². The molecule has 0 unspecified atom stereocenters. The van der Waals surface area contributed by atoms with E-state index in [1.54, 1.807) is 42.5 Å². The van der Waals surface area contributed by atoms with E-state index in [1.165, 1.54) is 17.2 Å². The molecule has 0 radical (unpaired) electrons. The Morgan fingerprint density at radius 1 is 1.13 bits per heavy atom. The van der Waals surface area contributed by atoms with Crippen molar-refractivity contribution in [2.45, 2.75) is 20.0 Å². The Morgan fingerprint density at radius 3 is 2.60 bits per heavy atom. The molecule has 1 N–H and O–H groups in total. The van der Waals surface area contributed by atoms with Crippen LogP contribution in [0.5, 0.6) is 5.75 Å². The molecule has 0 bridgehead atoms. The molecular formula is C21H21ClN2O5S. The van der Waals surface area contributed by atoms with E-state index in [4.69, 9.17) is 20.2 Å². The van der Waals surface area contributed by atoms with Crippen molar-refractivity contribution in [2.24, 2.45) is 0 Å². The summed E-state index contributed by atoms with van der Waals surface area (Å²) >= 11 is 6.15. The third-order valence-electron chi connectivity index (χ3n) is 4.16. The second-order valence-electron chi connectivity index (χ2n) is 6.76. The normalized spacial score (nSPS) is 11.2. The molecule has 9 heteroatoms. The molecule has 3 rings (SSSR count). The molecule has 30 heavy (non-hydrogen) atoms. The van der Waals surface area contributed by atoms with E-state index in [0.717, 1.165) is 11.8 Å². The van der Waals surface area contributed by atoms with Gasteiger partial charge in [0, 0.05) is 17.3 Å². The lowest BCUT2D eigenvalue weighted by Gasteiger charge is -2.23. The zero-order valence-electron chi connectivity index (χ0n) is 16.5. The van der Waals surface area contributed by atoms with Gasteiger partial charge in [-0.1, -0.05) is 29.8 Å². The van der Waals surface area contributed by atoms with Crippen molar-refractivity contribution in [1.82, 2.24) is 4.90 Å². The highest BCUT2D eigenvalue weighted by Gasteiger charge is 2.17. The summed E-state index contributed by atoms with van der Waals surface area (Å²) in [6.07, 6.45) is 2.51. The van der Waals surface area contributed by atoms with Gasteiger partial charge in [0.2, 0.25) is 0 Å². The first kappa shape index (κ1) is 21.7. The van der Waals surface area contributed by atoms with Crippen LogP contribution < -0.4 is 9.50 Å². The Labute approximate surface area is 180 Å². The average Bonchev–Trinajstić information content (AvgIpc) is 3.16. The standard InChI is InChI=1S/C21H21ClN2O5S/c1-15-8-9-17(12-20(15)22)23-21(25)24(14-19-7-4-10-28-19)13-16-5-3-6-18(11-16)29-30(2,26)27/h3-12H,13-14H2,1-2H3,(H,23,25). The molecule has 1 aromatic heterocycles. The first-order valence-electron chi connectivity index (χ1n) is 9.02. The first-order chi connectivity index (χ1) is 14.2. The van der Waals surface area contributed by atoms with Gasteiger partial charge in [-0.2, -0.15) is 8.42 Å². The molecule has 0 atom stereocenters. The summed E-state index contributed by atoms with van der Waals surface area (Å²) in [7, 11) is -3.65. The van der Waals surface area contributed by atoms with Crippen molar-refractivity contribution in [1.29, 1.82) is 0 Å². The van der Waals surface area contributed by atoms with Crippen LogP contribution in [-0.2, 0) is 23.2 Å². The molecular weight excluding hydrogens is 428 g/mol. The van der Waals surface area contributed by atoms with Crippen molar-refractivity contribution < 1.29 is 21.8 Å². The van der Waals surface area contributed by atoms with Crippen molar-refractivity contribution >= 4 is 33.4 Å². The third-order valence-corrected chi connectivity index (χ3v) is 5.06. The maximum atomic E-state index is 13.0. The maximum absolute atomic E-state index is 13.0. The van der Waals surface area contributed by atoms with Gasteiger partial charge in [-0.05, 0) is 54.4 Å². The molecule has 158 valence electrons. The Hall–Kier alpha value is -2.97. The average molecular weight is 449 g/mol. The minimum absolute atomic E-state index is 0.179. The number of benzene rings is 2. The lowest BCUT2D eigenvalue weighted by molar-refractivity contribution is 0.201. The highest BCUT2D eigenvalue weighted by atomic mass is 35.5. The number of hydrogen-bond acceptors (Lipinski definition) is 5. The summed E-state index contributed by atoms with van der Waals surface area (Å²) in [6, 6.07) is 15.0. The second kappa shape index (κ2) is 9.23. The van der Waals surface area contributed by atoms with Gasteiger partial charge in [0.15, 0.2) is 0 Å². The molecule has 0 fully saturated rings. The van der Waals surface area contributed by atoms with E-state index in [0.29, 0.717) is 22.0 Å². The summed E-state index contributed by atoms with van der Waals surface area (Å²) in [5.41, 5.74) is 2.17. The summed E-state index contributed by atoms with van der Waals surface area (Å²) in [6.45, 7) is 2.30. The Kier molecular flexibility index (Phi) is 6.69. The number of amides is 2. The number of carbonyl (C=O) groups is 1.